The molecule has 8 nitrogen and oxygen atoms in total. The Morgan fingerprint density at radius 2 is 1.89 bits per heavy atom. The zero-order valence-corrected chi connectivity index (χ0v) is 22.1. The lowest BCUT2D eigenvalue weighted by Gasteiger charge is -2.14. The number of hydrogen-bond donors (Lipinski definition) is 4. The first-order valence-electron chi connectivity index (χ1n) is 11.4. The second-order valence-electron chi connectivity index (χ2n) is 9.37. The van der Waals surface area contributed by atoms with Crippen LogP contribution in [0.25, 0.3) is 11.3 Å². The molecular formula is C26H33N7OS. The highest BCUT2D eigenvalue weighted by Gasteiger charge is 2.20. The number of aryl methyl sites for hydroxylation is 1. The number of anilines is 1. The second-order valence-corrected chi connectivity index (χ2v) is 10.4. The molecule has 1 amide bonds. The third-order valence-electron chi connectivity index (χ3n) is 5.47. The highest BCUT2D eigenvalue weighted by Crippen LogP contribution is 2.27. The van der Waals surface area contributed by atoms with E-state index in [2.05, 4.69) is 57.7 Å². The molecule has 0 fully saturated rings. The number of hydrogen-bond acceptors (Lipinski definition) is 8. The van der Waals surface area contributed by atoms with Crippen LogP contribution in [-0.4, -0.2) is 33.6 Å². The first kappa shape index (κ1) is 26.0. The number of carbonyl (C=O) groups excluding carboxylic acids is 1. The van der Waals surface area contributed by atoms with Gasteiger partial charge >= 0.3 is 0 Å². The molecule has 0 saturated carbocycles. The van der Waals surface area contributed by atoms with Crippen LogP contribution in [0.5, 0.6) is 0 Å². The number of rotatable bonds is 8. The number of aromatic nitrogens is 3. The fourth-order valence-electron chi connectivity index (χ4n) is 3.33. The van der Waals surface area contributed by atoms with Crippen molar-refractivity contribution in [3.63, 3.8) is 0 Å². The van der Waals surface area contributed by atoms with Gasteiger partial charge < -0.3 is 21.4 Å². The molecular weight excluding hydrogens is 458 g/mol. The molecule has 0 aliphatic heterocycles. The average molecular weight is 492 g/mol. The number of amides is 1. The third-order valence-corrected chi connectivity index (χ3v) is 6.89. The van der Waals surface area contributed by atoms with E-state index >= 15 is 0 Å². The quantitative estimate of drug-likeness (QED) is 0.328. The monoisotopic (exact) mass is 491 g/mol. The minimum atomic E-state index is -0.116. The Labute approximate surface area is 210 Å². The Hall–Kier alpha value is -3.59. The molecule has 0 bridgehead atoms. The van der Waals surface area contributed by atoms with Crippen LogP contribution in [0.1, 0.15) is 60.4 Å². The van der Waals surface area contributed by atoms with Crippen LogP contribution < -0.4 is 16.0 Å². The predicted molar refractivity (Wildman–Crippen MR) is 143 cm³/mol. The summed E-state index contributed by atoms with van der Waals surface area (Å²) in [5.41, 5.74) is 5.59. The van der Waals surface area contributed by atoms with Crippen LogP contribution in [0.3, 0.4) is 0 Å². The minimum absolute atomic E-state index is 0.0755. The number of carbonyl (C=O) groups is 1. The van der Waals surface area contributed by atoms with E-state index in [1.165, 1.54) is 11.3 Å². The van der Waals surface area contributed by atoms with E-state index in [1.807, 2.05) is 39.1 Å². The van der Waals surface area contributed by atoms with Crippen molar-refractivity contribution in [1.82, 2.24) is 25.6 Å². The molecule has 2 aromatic heterocycles. The van der Waals surface area contributed by atoms with Crippen molar-refractivity contribution in [1.29, 1.82) is 5.41 Å². The maximum absolute atomic E-state index is 12.6. The summed E-state index contributed by atoms with van der Waals surface area (Å²) >= 11 is 1.43. The van der Waals surface area contributed by atoms with Gasteiger partial charge in [-0.1, -0.05) is 32.9 Å². The van der Waals surface area contributed by atoms with E-state index in [0.29, 0.717) is 28.8 Å². The molecule has 0 radical (unpaired) electrons. The van der Waals surface area contributed by atoms with Gasteiger partial charge in [-0.3, -0.25) is 4.79 Å². The van der Waals surface area contributed by atoms with Crippen molar-refractivity contribution in [2.45, 2.75) is 53.5 Å². The molecule has 0 atom stereocenters. The van der Waals surface area contributed by atoms with Gasteiger partial charge in [-0.15, -0.1) is 11.3 Å². The first-order valence-corrected chi connectivity index (χ1v) is 12.2. The Kier molecular flexibility index (Phi) is 8.01. The van der Waals surface area contributed by atoms with E-state index < -0.39 is 0 Å². The summed E-state index contributed by atoms with van der Waals surface area (Å²) < 4.78 is 0. The summed E-state index contributed by atoms with van der Waals surface area (Å²) in [4.78, 5) is 26.6. The number of nitrogens with one attached hydrogen (secondary N) is 4. The van der Waals surface area contributed by atoms with Crippen molar-refractivity contribution in [3.05, 3.63) is 69.1 Å². The molecule has 0 aliphatic carbocycles. The minimum Gasteiger partial charge on any atom is -0.390 e. The van der Waals surface area contributed by atoms with Crippen LogP contribution >= 0.6 is 11.3 Å². The zero-order chi connectivity index (χ0) is 25.8. The maximum atomic E-state index is 12.6. The number of thiazole rings is 1. The first-order chi connectivity index (χ1) is 16.5. The van der Waals surface area contributed by atoms with Gasteiger partial charge in [0.15, 0.2) is 0 Å². The average Bonchev–Trinajstić information content (AvgIpc) is 3.32. The van der Waals surface area contributed by atoms with Crippen molar-refractivity contribution < 1.29 is 4.79 Å². The smallest absolute Gasteiger partial charge is 0.263 e. The van der Waals surface area contributed by atoms with Crippen molar-refractivity contribution in [2.75, 3.05) is 12.4 Å². The molecule has 3 aromatic rings. The molecule has 3 rings (SSSR count). The summed E-state index contributed by atoms with van der Waals surface area (Å²) in [7, 11) is 1.81. The summed E-state index contributed by atoms with van der Waals surface area (Å²) in [5.74, 6) is 0.307. The lowest BCUT2D eigenvalue weighted by Crippen LogP contribution is -2.22. The molecule has 35 heavy (non-hydrogen) atoms. The molecule has 184 valence electrons. The van der Waals surface area contributed by atoms with Crippen molar-refractivity contribution in [3.8, 4) is 11.3 Å². The molecule has 9 heteroatoms. The molecule has 2 heterocycles. The standard InChI is InChI=1S/C26H33N7OS/c1-15-12-18(20-10-11-29-25(32-20)33-22(16(2)27)17(3)28-7)8-9-19(15)13-30-23(34)21-14-31-24(35-21)26(4,5)6/h8-12,14,27-28H,13H2,1-7H3,(H,30,34)(H,29,32,33)/b22-17+,27-16?. The molecule has 0 spiro atoms. The second kappa shape index (κ2) is 10.8. The Morgan fingerprint density at radius 1 is 1.14 bits per heavy atom. The van der Waals surface area contributed by atoms with Gasteiger partial charge in [-0.25, -0.2) is 15.0 Å². The van der Waals surface area contributed by atoms with Gasteiger partial charge in [-0.05, 0) is 44.0 Å². The van der Waals surface area contributed by atoms with Crippen LogP contribution in [0.4, 0.5) is 5.95 Å². The molecule has 0 saturated heterocycles. The van der Waals surface area contributed by atoms with Crippen LogP contribution in [0.2, 0.25) is 0 Å². The molecule has 1 aromatic carbocycles. The summed E-state index contributed by atoms with van der Waals surface area (Å²) in [5, 5.41) is 18.2. The SMILES string of the molecule is CN/C(C)=C(/Nc1nccc(-c2ccc(CNC(=O)c3cnc(C(C)(C)C)s3)c(C)c2)n1)C(C)=N. The van der Waals surface area contributed by atoms with Gasteiger partial charge in [0.25, 0.3) is 5.91 Å². The van der Waals surface area contributed by atoms with Gasteiger partial charge in [-0.2, -0.15) is 0 Å². The fraction of sp³-hybridized carbons (Fsp3) is 0.346. The number of nitrogens with zero attached hydrogens (tertiary/aromatic N) is 3. The van der Waals surface area contributed by atoms with Gasteiger partial charge in [0.1, 0.15) is 4.88 Å². The maximum Gasteiger partial charge on any atom is 0.263 e. The number of allylic oxidation sites excluding steroid dienone is 2. The van der Waals surface area contributed by atoms with Gasteiger partial charge in [0.05, 0.1) is 28.3 Å². The van der Waals surface area contributed by atoms with Gasteiger partial charge in [0, 0.05) is 36.5 Å². The Bertz CT molecular complexity index is 1270. The predicted octanol–water partition coefficient (Wildman–Crippen LogP) is 5.04. The van der Waals surface area contributed by atoms with Crippen LogP contribution in [0.15, 0.2) is 48.1 Å². The van der Waals surface area contributed by atoms with Crippen LogP contribution in [0, 0.1) is 12.3 Å². The number of benzene rings is 1. The normalized spacial score (nSPS) is 12.1. The molecule has 0 aliphatic rings. The largest absolute Gasteiger partial charge is 0.390 e. The molecule has 0 unspecified atom stereocenters. The van der Waals surface area contributed by atoms with E-state index in [1.54, 1.807) is 19.3 Å². The highest BCUT2D eigenvalue weighted by molar-refractivity contribution is 7.13. The fourth-order valence-corrected chi connectivity index (χ4v) is 4.22. The van der Waals surface area contributed by atoms with E-state index in [0.717, 1.165) is 33.1 Å². The van der Waals surface area contributed by atoms with Gasteiger partial charge in [0.2, 0.25) is 5.95 Å². The topological polar surface area (TPSA) is 116 Å². The van der Waals surface area contributed by atoms with E-state index in [9.17, 15) is 4.79 Å². The van der Waals surface area contributed by atoms with Crippen molar-refractivity contribution in [2.24, 2.45) is 0 Å². The Morgan fingerprint density at radius 3 is 2.49 bits per heavy atom. The summed E-state index contributed by atoms with van der Waals surface area (Å²) in [6, 6.07) is 7.90. The van der Waals surface area contributed by atoms with E-state index in [4.69, 9.17) is 5.41 Å². The molecule has 4 N–H and O–H groups in total. The lowest BCUT2D eigenvalue weighted by atomic mass is 9.98. The summed E-state index contributed by atoms with van der Waals surface area (Å²) in [6.45, 7) is 12.3. The third kappa shape index (κ3) is 6.51. The summed E-state index contributed by atoms with van der Waals surface area (Å²) in [6.07, 6.45) is 3.34. The lowest BCUT2D eigenvalue weighted by molar-refractivity contribution is 0.0954. The zero-order valence-electron chi connectivity index (χ0n) is 21.3. The highest BCUT2D eigenvalue weighted by atomic mass is 32.1. The van der Waals surface area contributed by atoms with Crippen LogP contribution in [-0.2, 0) is 12.0 Å². The van der Waals surface area contributed by atoms with E-state index in [-0.39, 0.29) is 11.3 Å². The van der Waals surface area contributed by atoms with Crippen molar-refractivity contribution >= 4 is 28.9 Å². The Balaban J connectivity index is 1.72.